The fraction of sp³-hybridized carbons (Fsp3) is 0.158. The molecule has 0 heterocycles. The van der Waals surface area contributed by atoms with E-state index in [1.54, 1.807) is 30.3 Å². The number of hydrogen-bond acceptors (Lipinski definition) is 3. The molecule has 0 aromatic heterocycles. The van der Waals surface area contributed by atoms with Crippen LogP contribution in [0.4, 0.5) is 5.69 Å². The number of halogens is 1. The van der Waals surface area contributed by atoms with Crippen LogP contribution in [0.2, 0.25) is 5.02 Å². The van der Waals surface area contributed by atoms with Gasteiger partial charge in [0.25, 0.3) is 0 Å². The van der Waals surface area contributed by atoms with Crippen molar-refractivity contribution in [3.05, 3.63) is 71.8 Å². The first kappa shape index (κ1) is 18.5. The fourth-order valence-electron chi connectivity index (χ4n) is 1.98. The van der Waals surface area contributed by atoms with E-state index in [0.717, 1.165) is 5.56 Å². The summed E-state index contributed by atoms with van der Waals surface area (Å²) in [4.78, 5) is 23.2. The summed E-state index contributed by atoms with van der Waals surface area (Å²) in [7, 11) is 0. The highest BCUT2D eigenvalue weighted by Crippen LogP contribution is 2.18. The van der Waals surface area contributed by atoms with Gasteiger partial charge in [-0.15, -0.1) is 6.58 Å². The number of rotatable bonds is 8. The van der Waals surface area contributed by atoms with Gasteiger partial charge in [0.15, 0.2) is 0 Å². The molecule has 0 fully saturated rings. The summed E-state index contributed by atoms with van der Waals surface area (Å²) in [5, 5.41) is 5.89. The first-order valence-electron chi connectivity index (χ1n) is 7.71. The Kier molecular flexibility index (Phi) is 7.04. The predicted molar refractivity (Wildman–Crippen MR) is 98.7 cm³/mol. The van der Waals surface area contributed by atoms with E-state index in [1.165, 1.54) is 0 Å². The summed E-state index contributed by atoms with van der Waals surface area (Å²) in [6, 6.07) is 14.4. The highest BCUT2D eigenvalue weighted by atomic mass is 35.5. The maximum atomic E-state index is 11.8. The molecule has 0 radical (unpaired) electrons. The summed E-state index contributed by atoms with van der Waals surface area (Å²) >= 11 is 5.84. The third kappa shape index (κ3) is 6.69. The molecule has 25 heavy (non-hydrogen) atoms. The smallest absolute Gasteiger partial charge is 0.233 e. The largest absolute Gasteiger partial charge is 0.489 e. The van der Waals surface area contributed by atoms with Gasteiger partial charge in [-0.25, -0.2) is 0 Å². The number of carbonyl (C=O) groups excluding carboxylic acids is 2. The molecule has 0 saturated carbocycles. The fourth-order valence-corrected chi connectivity index (χ4v) is 2.11. The van der Waals surface area contributed by atoms with Gasteiger partial charge in [0.1, 0.15) is 18.8 Å². The molecule has 2 amide bonds. The zero-order valence-corrected chi connectivity index (χ0v) is 14.4. The predicted octanol–water partition coefficient (Wildman–Crippen LogP) is 3.55. The van der Waals surface area contributed by atoms with Gasteiger partial charge >= 0.3 is 0 Å². The van der Waals surface area contributed by atoms with Gasteiger partial charge in [0.05, 0.1) is 0 Å². The van der Waals surface area contributed by atoms with Crippen molar-refractivity contribution in [1.29, 1.82) is 0 Å². The van der Waals surface area contributed by atoms with Crippen molar-refractivity contribution in [1.82, 2.24) is 5.32 Å². The number of nitrogens with one attached hydrogen (secondary N) is 2. The van der Waals surface area contributed by atoms with Crippen LogP contribution in [-0.4, -0.2) is 18.4 Å². The van der Waals surface area contributed by atoms with Crippen LogP contribution in [0.3, 0.4) is 0 Å². The number of hydrogen-bond donors (Lipinski definition) is 2. The topological polar surface area (TPSA) is 67.4 Å². The second kappa shape index (κ2) is 9.49. The molecular formula is C19H19ClN2O3. The summed E-state index contributed by atoms with van der Waals surface area (Å²) in [6.07, 6.45) is 1.32. The first-order chi connectivity index (χ1) is 12.1. The van der Waals surface area contributed by atoms with E-state index in [9.17, 15) is 9.59 Å². The summed E-state index contributed by atoms with van der Waals surface area (Å²) in [5.74, 6) is -0.0478. The standard InChI is InChI=1S/C19H19ClN2O3/c1-2-11-21-18(23)12-19(24)22-16-7-9-17(10-8-16)25-13-14-3-5-15(20)6-4-14/h2-10H,1,11-13H2,(H,21,23)(H,22,24). The molecule has 6 heteroatoms. The minimum absolute atomic E-state index is 0.233. The SMILES string of the molecule is C=CCNC(=O)CC(=O)Nc1ccc(OCc2ccc(Cl)cc2)cc1. The van der Waals surface area contributed by atoms with Crippen molar-refractivity contribution in [2.45, 2.75) is 13.0 Å². The highest BCUT2D eigenvalue weighted by molar-refractivity contribution is 6.30. The molecule has 0 aliphatic heterocycles. The Morgan fingerprint density at radius 2 is 1.72 bits per heavy atom. The van der Waals surface area contributed by atoms with E-state index in [2.05, 4.69) is 17.2 Å². The van der Waals surface area contributed by atoms with E-state index in [-0.39, 0.29) is 18.2 Å². The lowest BCUT2D eigenvalue weighted by molar-refractivity contribution is -0.126. The second-order valence-corrected chi connectivity index (χ2v) is 5.69. The third-order valence-electron chi connectivity index (χ3n) is 3.22. The Morgan fingerprint density at radius 1 is 1.04 bits per heavy atom. The molecule has 2 rings (SSSR count). The number of benzene rings is 2. The van der Waals surface area contributed by atoms with Crippen LogP contribution in [0.25, 0.3) is 0 Å². The van der Waals surface area contributed by atoms with Crippen LogP contribution in [0, 0.1) is 0 Å². The molecule has 0 bridgehead atoms. The molecule has 5 nitrogen and oxygen atoms in total. The van der Waals surface area contributed by atoms with Gasteiger partial charge in [-0.05, 0) is 42.0 Å². The molecule has 0 atom stereocenters. The van der Waals surface area contributed by atoms with Gasteiger partial charge in [-0.3, -0.25) is 9.59 Å². The lowest BCUT2D eigenvalue weighted by Crippen LogP contribution is -2.28. The van der Waals surface area contributed by atoms with Crippen LogP contribution in [0.1, 0.15) is 12.0 Å². The van der Waals surface area contributed by atoms with E-state index >= 15 is 0 Å². The molecule has 2 aromatic rings. The Labute approximate surface area is 151 Å². The van der Waals surface area contributed by atoms with Crippen LogP contribution in [0.5, 0.6) is 5.75 Å². The van der Waals surface area contributed by atoms with Crippen molar-refractivity contribution >= 4 is 29.1 Å². The highest BCUT2D eigenvalue weighted by Gasteiger charge is 2.08. The van der Waals surface area contributed by atoms with Gasteiger partial charge in [0.2, 0.25) is 11.8 Å². The molecular weight excluding hydrogens is 340 g/mol. The van der Waals surface area contributed by atoms with E-state index < -0.39 is 0 Å². The van der Waals surface area contributed by atoms with E-state index in [1.807, 2.05) is 24.3 Å². The summed E-state index contributed by atoms with van der Waals surface area (Å²) in [5.41, 5.74) is 1.60. The summed E-state index contributed by atoms with van der Waals surface area (Å²) < 4.78 is 5.67. The second-order valence-electron chi connectivity index (χ2n) is 5.26. The zero-order valence-electron chi connectivity index (χ0n) is 13.6. The van der Waals surface area contributed by atoms with Crippen molar-refractivity contribution in [3.8, 4) is 5.75 Å². The maximum absolute atomic E-state index is 11.8. The van der Waals surface area contributed by atoms with E-state index in [4.69, 9.17) is 16.3 Å². The Morgan fingerprint density at radius 3 is 2.36 bits per heavy atom. The molecule has 2 aromatic carbocycles. The number of anilines is 1. The van der Waals surface area contributed by atoms with Crippen LogP contribution in [0.15, 0.2) is 61.2 Å². The van der Waals surface area contributed by atoms with Crippen molar-refractivity contribution < 1.29 is 14.3 Å². The molecule has 0 unspecified atom stereocenters. The maximum Gasteiger partial charge on any atom is 0.233 e. The Hall–Kier alpha value is -2.79. The van der Waals surface area contributed by atoms with Gasteiger partial charge < -0.3 is 15.4 Å². The molecule has 130 valence electrons. The molecule has 0 aliphatic carbocycles. The minimum Gasteiger partial charge on any atom is -0.489 e. The molecule has 0 spiro atoms. The Balaban J connectivity index is 1.80. The number of ether oxygens (including phenoxy) is 1. The lowest BCUT2D eigenvalue weighted by atomic mass is 10.2. The van der Waals surface area contributed by atoms with E-state index in [0.29, 0.717) is 29.6 Å². The average molecular weight is 359 g/mol. The number of carbonyl (C=O) groups is 2. The van der Waals surface area contributed by atoms with Gasteiger partial charge in [0, 0.05) is 17.3 Å². The zero-order chi connectivity index (χ0) is 18.1. The van der Waals surface area contributed by atoms with Crippen molar-refractivity contribution in [3.63, 3.8) is 0 Å². The first-order valence-corrected chi connectivity index (χ1v) is 8.09. The average Bonchev–Trinajstić information content (AvgIpc) is 2.60. The quantitative estimate of drug-likeness (QED) is 0.560. The van der Waals surface area contributed by atoms with Crippen LogP contribution >= 0.6 is 11.6 Å². The Bertz CT molecular complexity index is 727. The summed E-state index contributed by atoms with van der Waals surface area (Å²) in [6.45, 7) is 4.25. The van der Waals surface area contributed by atoms with Crippen molar-refractivity contribution in [2.24, 2.45) is 0 Å². The minimum atomic E-state index is -0.378. The van der Waals surface area contributed by atoms with Crippen LogP contribution in [-0.2, 0) is 16.2 Å². The molecule has 0 aliphatic rings. The lowest BCUT2D eigenvalue weighted by Gasteiger charge is -2.09. The third-order valence-corrected chi connectivity index (χ3v) is 3.47. The van der Waals surface area contributed by atoms with Gasteiger partial charge in [-0.2, -0.15) is 0 Å². The monoisotopic (exact) mass is 358 g/mol. The molecule has 2 N–H and O–H groups in total. The van der Waals surface area contributed by atoms with Crippen molar-refractivity contribution in [2.75, 3.05) is 11.9 Å². The van der Waals surface area contributed by atoms with Gasteiger partial charge in [-0.1, -0.05) is 29.8 Å². The number of amides is 2. The van der Waals surface area contributed by atoms with Crippen LogP contribution < -0.4 is 15.4 Å². The normalized spacial score (nSPS) is 9.96. The molecule has 0 saturated heterocycles.